The van der Waals surface area contributed by atoms with E-state index in [1.165, 1.54) is 0 Å². The molecule has 6 heteroatoms. The minimum Gasteiger partial charge on any atom is -0.368 e. The first-order valence-electron chi connectivity index (χ1n) is 7.94. The van der Waals surface area contributed by atoms with E-state index >= 15 is 0 Å². The zero-order valence-electron chi connectivity index (χ0n) is 14.0. The number of hydrogen-bond donors (Lipinski definition) is 1. The number of para-hydroxylation sites is 1. The van der Waals surface area contributed by atoms with Gasteiger partial charge in [-0.3, -0.25) is 0 Å². The molecular formula is C19H17N5S. The van der Waals surface area contributed by atoms with Gasteiger partial charge in [0.05, 0.1) is 33.3 Å². The fraction of sp³-hybridized carbons (Fsp3) is 0.105. The quantitative estimate of drug-likeness (QED) is 0.601. The van der Waals surface area contributed by atoms with Gasteiger partial charge in [-0.1, -0.05) is 24.3 Å². The first-order chi connectivity index (χ1) is 12.1. The highest BCUT2D eigenvalue weighted by molar-refractivity contribution is 7.13. The minimum absolute atomic E-state index is 0.271. The maximum atomic E-state index is 5.98. The lowest BCUT2D eigenvalue weighted by Crippen LogP contribution is -2.00. The topological polar surface area (TPSA) is 69.6 Å². The second kappa shape index (κ2) is 6.14. The van der Waals surface area contributed by atoms with Crippen LogP contribution in [0.5, 0.6) is 0 Å². The summed E-state index contributed by atoms with van der Waals surface area (Å²) in [6.45, 7) is 4.04. The van der Waals surface area contributed by atoms with Gasteiger partial charge in [-0.2, -0.15) is 5.10 Å². The highest BCUT2D eigenvalue weighted by Crippen LogP contribution is 2.31. The van der Waals surface area contributed by atoms with Crippen LogP contribution in [0, 0.1) is 13.8 Å². The van der Waals surface area contributed by atoms with E-state index in [0.717, 1.165) is 38.9 Å². The van der Waals surface area contributed by atoms with Crippen molar-refractivity contribution in [1.29, 1.82) is 0 Å². The number of nitrogens with two attached hydrogens (primary N) is 1. The molecule has 0 saturated heterocycles. The molecule has 0 aliphatic heterocycles. The summed E-state index contributed by atoms with van der Waals surface area (Å²) in [7, 11) is 0. The minimum atomic E-state index is 0.271. The van der Waals surface area contributed by atoms with Crippen LogP contribution < -0.4 is 5.73 Å². The van der Waals surface area contributed by atoms with Crippen molar-refractivity contribution >= 4 is 17.3 Å². The summed E-state index contributed by atoms with van der Waals surface area (Å²) in [6.07, 6.45) is 0. The van der Waals surface area contributed by atoms with E-state index in [1.807, 2.05) is 72.4 Å². The predicted octanol–water partition coefficient (Wildman–Crippen LogP) is 4.26. The lowest BCUT2D eigenvalue weighted by atomic mass is 10.1. The molecule has 0 bridgehead atoms. The molecule has 0 aliphatic carbocycles. The van der Waals surface area contributed by atoms with E-state index in [2.05, 4.69) is 9.97 Å². The Morgan fingerprint density at radius 1 is 0.960 bits per heavy atom. The highest BCUT2D eigenvalue weighted by atomic mass is 32.1. The van der Waals surface area contributed by atoms with E-state index in [0.29, 0.717) is 0 Å². The van der Waals surface area contributed by atoms with Crippen LogP contribution in [0.25, 0.3) is 27.5 Å². The molecule has 0 aliphatic rings. The summed E-state index contributed by atoms with van der Waals surface area (Å²) < 4.78 is 1.94. The zero-order valence-corrected chi connectivity index (χ0v) is 14.8. The van der Waals surface area contributed by atoms with Crippen molar-refractivity contribution in [2.45, 2.75) is 13.8 Å². The molecule has 4 aromatic rings. The molecule has 0 unspecified atom stereocenters. The number of rotatable bonds is 3. The van der Waals surface area contributed by atoms with E-state index < -0.39 is 0 Å². The number of anilines is 1. The van der Waals surface area contributed by atoms with Crippen LogP contribution in [-0.2, 0) is 0 Å². The zero-order chi connectivity index (χ0) is 17.4. The highest BCUT2D eigenvalue weighted by Gasteiger charge is 2.17. The van der Waals surface area contributed by atoms with Crippen LogP contribution in [-0.4, -0.2) is 19.7 Å². The molecule has 2 N–H and O–H groups in total. The average molecular weight is 347 g/mol. The van der Waals surface area contributed by atoms with Crippen molar-refractivity contribution in [1.82, 2.24) is 19.7 Å². The van der Waals surface area contributed by atoms with Gasteiger partial charge >= 0.3 is 0 Å². The Balaban J connectivity index is 1.87. The van der Waals surface area contributed by atoms with Crippen LogP contribution >= 0.6 is 11.3 Å². The van der Waals surface area contributed by atoms with Crippen molar-refractivity contribution in [3.05, 3.63) is 65.3 Å². The van der Waals surface area contributed by atoms with Crippen molar-refractivity contribution in [2.75, 3.05) is 5.73 Å². The lowest BCUT2D eigenvalue weighted by molar-refractivity contribution is 0.834. The van der Waals surface area contributed by atoms with Crippen LogP contribution in [0.4, 0.5) is 5.95 Å². The molecular weight excluding hydrogens is 330 g/mol. The molecule has 1 aromatic carbocycles. The Kier molecular flexibility index (Phi) is 3.82. The average Bonchev–Trinajstić information content (AvgIpc) is 3.23. The first-order valence-corrected chi connectivity index (χ1v) is 8.82. The molecule has 5 nitrogen and oxygen atoms in total. The summed E-state index contributed by atoms with van der Waals surface area (Å²) in [6, 6.07) is 16.1. The fourth-order valence-corrected chi connectivity index (χ4v) is 3.66. The molecule has 0 fully saturated rings. The summed E-state index contributed by atoms with van der Waals surface area (Å²) >= 11 is 1.63. The van der Waals surface area contributed by atoms with Gasteiger partial charge in [0.2, 0.25) is 5.95 Å². The van der Waals surface area contributed by atoms with E-state index in [1.54, 1.807) is 11.3 Å². The van der Waals surface area contributed by atoms with Crippen LogP contribution in [0.3, 0.4) is 0 Å². The molecule has 25 heavy (non-hydrogen) atoms. The van der Waals surface area contributed by atoms with Gasteiger partial charge in [0, 0.05) is 5.56 Å². The van der Waals surface area contributed by atoms with Crippen LogP contribution in [0.15, 0.2) is 53.9 Å². The lowest BCUT2D eigenvalue weighted by Gasteiger charge is -2.07. The number of aromatic nitrogens is 4. The van der Waals surface area contributed by atoms with Gasteiger partial charge < -0.3 is 5.73 Å². The van der Waals surface area contributed by atoms with Crippen LogP contribution in [0.1, 0.15) is 11.4 Å². The number of nitrogens with zero attached hydrogens (tertiary/aromatic N) is 4. The third-order valence-electron chi connectivity index (χ3n) is 4.07. The number of thiophene rings is 1. The van der Waals surface area contributed by atoms with E-state index in [-0.39, 0.29) is 5.95 Å². The molecule has 4 rings (SSSR count). The second-order valence-corrected chi connectivity index (χ2v) is 6.71. The molecule has 3 heterocycles. The number of nitrogen functional groups attached to an aromatic ring is 1. The Labute approximate surface area is 149 Å². The maximum Gasteiger partial charge on any atom is 0.221 e. The molecule has 0 radical (unpaired) electrons. The van der Waals surface area contributed by atoms with Crippen molar-refractivity contribution in [2.24, 2.45) is 0 Å². The van der Waals surface area contributed by atoms with Crippen molar-refractivity contribution < 1.29 is 0 Å². The Bertz CT molecular complexity index is 1020. The van der Waals surface area contributed by atoms with Gasteiger partial charge in [-0.15, -0.1) is 11.3 Å². The summed E-state index contributed by atoms with van der Waals surface area (Å²) in [5, 5.41) is 6.72. The Morgan fingerprint density at radius 3 is 2.44 bits per heavy atom. The fourth-order valence-electron chi connectivity index (χ4n) is 2.98. The number of aryl methyl sites for hydroxylation is 1. The maximum absolute atomic E-state index is 5.98. The number of hydrogen-bond acceptors (Lipinski definition) is 5. The van der Waals surface area contributed by atoms with Crippen LogP contribution in [0.2, 0.25) is 0 Å². The van der Waals surface area contributed by atoms with Gasteiger partial charge in [-0.05, 0) is 43.5 Å². The number of benzene rings is 1. The Hall–Kier alpha value is -2.99. The SMILES string of the molecule is Cc1nn(-c2ccccc2)c(C)c1-c1cc(-c2cccs2)nc(N)n1. The predicted molar refractivity (Wildman–Crippen MR) is 102 cm³/mol. The van der Waals surface area contributed by atoms with Gasteiger partial charge in [0.1, 0.15) is 0 Å². The standard InChI is InChI=1S/C19H17N5S/c1-12-18(13(2)24(23-12)14-7-4-3-5-8-14)16-11-15(21-19(20)22-16)17-9-6-10-25-17/h3-11H,1-2H3,(H2,20,21,22). The Morgan fingerprint density at radius 2 is 1.72 bits per heavy atom. The van der Waals surface area contributed by atoms with E-state index in [4.69, 9.17) is 10.8 Å². The van der Waals surface area contributed by atoms with Crippen molar-refractivity contribution in [3.8, 4) is 27.5 Å². The molecule has 124 valence electrons. The molecule has 0 amide bonds. The smallest absolute Gasteiger partial charge is 0.221 e. The summed E-state index contributed by atoms with van der Waals surface area (Å²) in [5.74, 6) is 0.271. The third kappa shape index (κ3) is 2.81. The van der Waals surface area contributed by atoms with Crippen molar-refractivity contribution in [3.63, 3.8) is 0 Å². The second-order valence-electron chi connectivity index (χ2n) is 5.77. The van der Waals surface area contributed by atoms with Gasteiger partial charge in [-0.25, -0.2) is 14.6 Å². The third-order valence-corrected chi connectivity index (χ3v) is 4.96. The molecule has 0 atom stereocenters. The summed E-state index contributed by atoms with van der Waals surface area (Å²) in [5.41, 5.74) is 11.6. The summed E-state index contributed by atoms with van der Waals surface area (Å²) in [4.78, 5) is 9.91. The normalized spacial score (nSPS) is 11.0. The monoisotopic (exact) mass is 347 g/mol. The van der Waals surface area contributed by atoms with Gasteiger partial charge in [0.15, 0.2) is 0 Å². The molecule has 3 aromatic heterocycles. The van der Waals surface area contributed by atoms with Gasteiger partial charge in [0.25, 0.3) is 0 Å². The molecule has 0 spiro atoms. The van der Waals surface area contributed by atoms with E-state index in [9.17, 15) is 0 Å². The first kappa shape index (κ1) is 15.5. The largest absolute Gasteiger partial charge is 0.368 e. The molecule has 0 saturated carbocycles.